The van der Waals surface area contributed by atoms with Gasteiger partial charge in [-0.3, -0.25) is 4.79 Å². The number of aromatic amines is 1. The number of para-hydroxylation sites is 1. The van der Waals surface area contributed by atoms with E-state index >= 15 is 0 Å². The van der Waals surface area contributed by atoms with Crippen LogP contribution >= 0.6 is 15.9 Å². The van der Waals surface area contributed by atoms with Crippen LogP contribution in [0.25, 0.3) is 10.9 Å². The first kappa shape index (κ1) is 28.9. The van der Waals surface area contributed by atoms with Crippen LogP contribution < -0.4 is 0 Å². The third-order valence-electron chi connectivity index (χ3n) is 6.48. The van der Waals surface area contributed by atoms with E-state index in [2.05, 4.69) is 20.9 Å². The Hall–Kier alpha value is -3.05. The number of carbonyl (C=O) groups is 1. The number of aromatic nitrogens is 1. The molecule has 0 unspecified atom stereocenters. The number of sulfonamides is 1. The SMILES string of the molecule is COCCCN(CC(=O)N(CCc1c[nH]c2ccccc12)Cc1ccc(F)cc1)S(=O)(=O)c1ccc(Br)cc1. The highest BCUT2D eigenvalue weighted by atomic mass is 79.9. The molecule has 4 aromatic rings. The monoisotopic (exact) mass is 615 g/mol. The Morgan fingerprint density at radius 3 is 2.44 bits per heavy atom. The smallest absolute Gasteiger partial charge is 0.243 e. The highest BCUT2D eigenvalue weighted by Gasteiger charge is 2.28. The number of H-pyrrole nitrogens is 1. The first-order chi connectivity index (χ1) is 18.8. The maximum Gasteiger partial charge on any atom is 0.243 e. The van der Waals surface area contributed by atoms with Gasteiger partial charge in [-0.2, -0.15) is 4.31 Å². The molecule has 0 saturated carbocycles. The summed E-state index contributed by atoms with van der Waals surface area (Å²) in [5.41, 5.74) is 2.82. The van der Waals surface area contributed by atoms with Gasteiger partial charge in [-0.05, 0) is 66.4 Å². The predicted molar refractivity (Wildman–Crippen MR) is 153 cm³/mol. The number of halogens is 2. The summed E-state index contributed by atoms with van der Waals surface area (Å²) in [4.78, 5) is 18.7. The fraction of sp³-hybridized carbons (Fsp3) is 0.276. The maximum atomic E-state index is 13.7. The highest BCUT2D eigenvalue weighted by Crippen LogP contribution is 2.21. The topological polar surface area (TPSA) is 82.7 Å². The first-order valence-corrected chi connectivity index (χ1v) is 14.8. The molecule has 0 aliphatic heterocycles. The number of nitrogens with zero attached hydrogens (tertiary/aromatic N) is 2. The third kappa shape index (κ3) is 7.54. The van der Waals surface area contributed by atoms with Crippen molar-refractivity contribution < 1.29 is 22.3 Å². The van der Waals surface area contributed by atoms with Crippen molar-refractivity contribution in [2.24, 2.45) is 0 Å². The number of fused-ring (bicyclic) bond motifs is 1. The normalized spacial score (nSPS) is 11.8. The van der Waals surface area contributed by atoms with E-state index in [1.807, 2.05) is 30.5 Å². The van der Waals surface area contributed by atoms with Crippen molar-refractivity contribution in [1.29, 1.82) is 0 Å². The molecule has 0 saturated heterocycles. The number of benzene rings is 3. The average Bonchev–Trinajstić information content (AvgIpc) is 3.35. The average molecular weight is 617 g/mol. The van der Waals surface area contributed by atoms with Crippen molar-refractivity contribution in [3.63, 3.8) is 0 Å². The van der Waals surface area contributed by atoms with E-state index < -0.39 is 10.0 Å². The number of ether oxygens (including phenoxy) is 1. The Morgan fingerprint density at radius 2 is 1.72 bits per heavy atom. The molecule has 0 spiro atoms. The van der Waals surface area contributed by atoms with E-state index in [0.717, 1.165) is 26.5 Å². The Kier molecular flexibility index (Phi) is 9.90. The standard InChI is InChI=1S/C29H31BrFN3O4S/c1-38-18-4-16-34(39(36,37)26-13-9-24(30)10-14-26)21-29(35)33(20-22-7-11-25(31)12-8-22)17-15-23-19-32-28-6-3-2-5-27(23)28/h2-3,5-14,19,32H,4,15-18,20-21H2,1H3. The van der Waals surface area contributed by atoms with Crippen LogP contribution in [0.15, 0.2) is 88.4 Å². The van der Waals surface area contributed by atoms with Crippen LogP contribution in [0.1, 0.15) is 17.5 Å². The lowest BCUT2D eigenvalue weighted by atomic mass is 10.1. The zero-order valence-corrected chi connectivity index (χ0v) is 24.0. The van der Waals surface area contributed by atoms with E-state index in [4.69, 9.17) is 4.74 Å². The van der Waals surface area contributed by atoms with Gasteiger partial charge in [-0.15, -0.1) is 0 Å². The largest absolute Gasteiger partial charge is 0.385 e. The molecule has 4 rings (SSSR count). The van der Waals surface area contributed by atoms with Crippen LogP contribution in [-0.4, -0.2) is 61.9 Å². The van der Waals surface area contributed by atoms with E-state index in [-0.39, 0.29) is 36.3 Å². The van der Waals surface area contributed by atoms with Gasteiger partial charge < -0.3 is 14.6 Å². The van der Waals surface area contributed by atoms with Crippen molar-refractivity contribution in [2.75, 3.05) is 33.4 Å². The van der Waals surface area contributed by atoms with Crippen LogP contribution in [0.5, 0.6) is 0 Å². The second kappa shape index (κ2) is 13.3. The molecular formula is C29H31BrFN3O4S. The summed E-state index contributed by atoms with van der Waals surface area (Å²) in [6, 6.07) is 20.3. The minimum Gasteiger partial charge on any atom is -0.385 e. The zero-order chi connectivity index (χ0) is 27.8. The zero-order valence-electron chi connectivity index (χ0n) is 21.6. The fourth-order valence-corrected chi connectivity index (χ4v) is 6.06. The fourth-order valence-electron chi connectivity index (χ4n) is 4.37. The minimum atomic E-state index is -3.94. The van der Waals surface area contributed by atoms with Gasteiger partial charge in [-0.1, -0.05) is 46.3 Å². The lowest BCUT2D eigenvalue weighted by molar-refractivity contribution is -0.132. The van der Waals surface area contributed by atoms with Crippen molar-refractivity contribution >= 4 is 42.8 Å². The van der Waals surface area contributed by atoms with Crippen LogP contribution in [0.4, 0.5) is 4.39 Å². The molecule has 206 valence electrons. The summed E-state index contributed by atoms with van der Waals surface area (Å²) in [5.74, 6) is -0.697. The van der Waals surface area contributed by atoms with E-state index in [0.29, 0.717) is 26.0 Å². The van der Waals surface area contributed by atoms with E-state index in [1.165, 1.54) is 28.6 Å². The van der Waals surface area contributed by atoms with Crippen molar-refractivity contribution in [3.8, 4) is 0 Å². The van der Waals surface area contributed by atoms with Gasteiger partial charge in [0.25, 0.3) is 0 Å². The molecular weight excluding hydrogens is 585 g/mol. The van der Waals surface area contributed by atoms with E-state index in [9.17, 15) is 17.6 Å². The molecule has 0 bridgehead atoms. The Labute approximate surface area is 236 Å². The maximum absolute atomic E-state index is 13.7. The summed E-state index contributed by atoms with van der Waals surface area (Å²) < 4.78 is 47.7. The summed E-state index contributed by atoms with van der Waals surface area (Å²) in [6.45, 7) is 0.760. The summed E-state index contributed by atoms with van der Waals surface area (Å²) in [6.07, 6.45) is 2.94. The van der Waals surface area contributed by atoms with Crippen molar-refractivity contribution in [1.82, 2.24) is 14.2 Å². The molecule has 1 heterocycles. The number of hydrogen-bond donors (Lipinski definition) is 1. The molecule has 3 aromatic carbocycles. The Bertz CT molecular complexity index is 1490. The lowest BCUT2D eigenvalue weighted by Crippen LogP contribution is -2.43. The molecule has 0 atom stereocenters. The first-order valence-electron chi connectivity index (χ1n) is 12.6. The molecule has 1 amide bonds. The molecule has 1 aromatic heterocycles. The number of rotatable bonds is 13. The van der Waals surface area contributed by atoms with Crippen LogP contribution in [0, 0.1) is 5.82 Å². The molecule has 1 N–H and O–H groups in total. The van der Waals surface area contributed by atoms with Gasteiger partial charge >= 0.3 is 0 Å². The van der Waals surface area contributed by atoms with Gasteiger partial charge in [0.2, 0.25) is 15.9 Å². The molecule has 39 heavy (non-hydrogen) atoms. The number of hydrogen-bond acceptors (Lipinski definition) is 4. The van der Waals surface area contributed by atoms with Gasteiger partial charge in [0.05, 0.1) is 11.4 Å². The molecule has 10 heteroatoms. The molecule has 0 radical (unpaired) electrons. The Morgan fingerprint density at radius 1 is 1.00 bits per heavy atom. The number of carbonyl (C=O) groups excluding carboxylic acids is 1. The molecule has 0 aliphatic rings. The number of nitrogens with one attached hydrogen (secondary N) is 1. The van der Waals surface area contributed by atoms with Gasteiger partial charge in [0, 0.05) is 54.9 Å². The van der Waals surface area contributed by atoms with Gasteiger partial charge in [-0.25, -0.2) is 12.8 Å². The minimum absolute atomic E-state index is 0.111. The van der Waals surface area contributed by atoms with Gasteiger partial charge in [0.15, 0.2) is 0 Å². The van der Waals surface area contributed by atoms with E-state index in [1.54, 1.807) is 36.3 Å². The lowest BCUT2D eigenvalue weighted by Gasteiger charge is -2.27. The van der Waals surface area contributed by atoms with Crippen LogP contribution in [0.3, 0.4) is 0 Å². The second-order valence-electron chi connectivity index (χ2n) is 9.19. The van der Waals surface area contributed by atoms with Gasteiger partial charge in [0.1, 0.15) is 5.82 Å². The van der Waals surface area contributed by atoms with Crippen molar-refractivity contribution in [2.45, 2.75) is 24.3 Å². The summed E-state index contributed by atoms with van der Waals surface area (Å²) in [7, 11) is -2.39. The molecule has 0 fully saturated rings. The third-order valence-corrected chi connectivity index (χ3v) is 8.87. The van der Waals surface area contributed by atoms with Crippen LogP contribution in [-0.2, 0) is 32.5 Å². The Balaban J connectivity index is 1.58. The number of methoxy groups -OCH3 is 1. The van der Waals surface area contributed by atoms with Crippen molar-refractivity contribution in [3.05, 3.63) is 100 Å². The molecule has 0 aliphatic carbocycles. The highest BCUT2D eigenvalue weighted by molar-refractivity contribution is 9.10. The summed E-state index contributed by atoms with van der Waals surface area (Å²) in [5, 5.41) is 1.07. The molecule has 7 nitrogen and oxygen atoms in total. The quantitative estimate of drug-likeness (QED) is 0.205. The summed E-state index contributed by atoms with van der Waals surface area (Å²) >= 11 is 3.33. The predicted octanol–water partition coefficient (Wildman–Crippen LogP) is 5.37. The number of amides is 1. The van der Waals surface area contributed by atoms with Crippen LogP contribution in [0.2, 0.25) is 0 Å². The second-order valence-corrected chi connectivity index (χ2v) is 12.0.